The minimum atomic E-state index is -0.116. The summed E-state index contributed by atoms with van der Waals surface area (Å²) in [5, 5.41) is 7.69. The van der Waals surface area contributed by atoms with Crippen molar-refractivity contribution in [2.45, 2.75) is 0 Å². The highest BCUT2D eigenvalue weighted by molar-refractivity contribution is 6.48. The molecule has 0 saturated carbocycles. The van der Waals surface area contributed by atoms with Crippen molar-refractivity contribution in [2.24, 2.45) is 0 Å². The molecule has 0 aliphatic rings. The van der Waals surface area contributed by atoms with Crippen LogP contribution >= 0.6 is 11.6 Å². The molecule has 0 heterocycles. The van der Waals surface area contributed by atoms with Gasteiger partial charge in [-0.3, -0.25) is 9.59 Å². The molecule has 27 heavy (non-hydrogen) atoms. The van der Waals surface area contributed by atoms with Gasteiger partial charge in [0.05, 0.1) is 15.8 Å². The standard InChI is InChI=1S/C24H11ClO2/c25-22-20-18-14(12-6-1-3-8-16(12)23(20)26)10-5-11-15-13-7-2-4-9-17(13)24(27)21(22)19(15)18/h1-11H. The van der Waals surface area contributed by atoms with Crippen LogP contribution < -0.4 is 10.9 Å². The first-order valence-electron chi connectivity index (χ1n) is 8.75. The Labute approximate surface area is 157 Å². The van der Waals surface area contributed by atoms with Crippen molar-refractivity contribution in [1.29, 1.82) is 0 Å². The molecule has 126 valence electrons. The van der Waals surface area contributed by atoms with E-state index in [1.165, 1.54) is 0 Å². The average molecular weight is 367 g/mol. The van der Waals surface area contributed by atoms with E-state index in [0.717, 1.165) is 32.3 Å². The average Bonchev–Trinajstić information content (AvgIpc) is 2.87. The van der Waals surface area contributed by atoms with Crippen LogP contribution in [-0.2, 0) is 0 Å². The summed E-state index contributed by atoms with van der Waals surface area (Å²) >= 11 is 6.69. The molecular weight excluding hydrogens is 356 g/mol. The highest BCUT2D eigenvalue weighted by Crippen LogP contribution is 2.43. The highest BCUT2D eigenvalue weighted by Gasteiger charge is 2.23. The molecule has 0 bridgehead atoms. The highest BCUT2D eigenvalue weighted by atomic mass is 35.5. The number of hydrogen-bond donors (Lipinski definition) is 0. The first-order chi connectivity index (χ1) is 13.2. The van der Waals surface area contributed by atoms with Gasteiger partial charge in [-0.1, -0.05) is 78.3 Å². The topological polar surface area (TPSA) is 34.1 Å². The second-order valence-corrected chi connectivity index (χ2v) is 7.29. The predicted molar refractivity (Wildman–Crippen MR) is 114 cm³/mol. The molecule has 0 aliphatic heterocycles. The first-order valence-corrected chi connectivity index (χ1v) is 9.12. The Morgan fingerprint density at radius 3 is 1.26 bits per heavy atom. The van der Waals surface area contributed by atoms with E-state index in [4.69, 9.17) is 11.6 Å². The van der Waals surface area contributed by atoms with Crippen LogP contribution in [0.4, 0.5) is 0 Å². The summed E-state index contributed by atoms with van der Waals surface area (Å²) in [6, 6.07) is 21.1. The van der Waals surface area contributed by atoms with Gasteiger partial charge in [-0.2, -0.15) is 0 Å². The van der Waals surface area contributed by atoms with E-state index in [1.54, 1.807) is 0 Å². The molecule has 3 heteroatoms. The van der Waals surface area contributed by atoms with Gasteiger partial charge in [-0.05, 0) is 21.5 Å². The molecule has 6 aromatic rings. The third kappa shape index (κ3) is 1.67. The molecule has 6 rings (SSSR count). The molecule has 0 fully saturated rings. The molecule has 0 spiro atoms. The van der Waals surface area contributed by atoms with Crippen LogP contribution in [0, 0.1) is 0 Å². The van der Waals surface area contributed by atoms with E-state index in [1.807, 2.05) is 66.7 Å². The van der Waals surface area contributed by atoms with E-state index in [-0.39, 0.29) is 15.9 Å². The van der Waals surface area contributed by atoms with Crippen LogP contribution in [0.2, 0.25) is 5.02 Å². The van der Waals surface area contributed by atoms with Gasteiger partial charge >= 0.3 is 0 Å². The zero-order valence-electron chi connectivity index (χ0n) is 14.0. The number of hydrogen-bond acceptors (Lipinski definition) is 2. The lowest BCUT2D eigenvalue weighted by Crippen LogP contribution is -2.02. The van der Waals surface area contributed by atoms with Crippen LogP contribution in [0.1, 0.15) is 0 Å². The fourth-order valence-corrected chi connectivity index (χ4v) is 4.88. The minimum Gasteiger partial charge on any atom is -0.289 e. The lowest BCUT2D eigenvalue weighted by molar-refractivity contribution is 1.75. The van der Waals surface area contributed by atoms with E-state index in [9.17, 15) is 9.59 Å². The van der Waals surface area contributed by atoms with Crippen LogP contribution in [-0.4, -0.2) is 0 Å². The quantitative estimate of drug-likeness (QED) is 0.345. The summed E-state index contributed by atoms with van der Waals surface area (Å²) in [6.07, 6.45) is 0. The van der Waals surface area contributed by atoms with Gasteiger partial charge in [0.25, 0.3) is 0 Å². The normalized spacial score (nSPS) is 12.2. The summed E-state index contributed by atoms with van der Waals surface area (Å²) < 4.78 is 0. The molecule has 0 aromatic heterocycles. The van der Waals surface area contributed by atoms with Gasteiger partial charge in [0.15, 0.2) is 10.9 Å². The van der Waals surface area contributed by atoms with E-state index < -0.39 is 0 Å². The monoisotopic (exact) mass is 366 g/mol. The van der Waals surface area contributed by atoms with Crippen molar-refractivity contribution in [3.8, 4) is 0 Å². The van der Waals surface area contributed by atoms with Crippen molar-refractivity contribution in [2.75, 3.05) is 0 Å². The van der Waals surface area contributed by atoms with Crippen molar-refractivity contribution >= 4 is 65.5 Å². The third-order valence-electron chi connectivity index (χ3n) is 5.63. The Kier molecular flexibility index (Phi) is 2.72. The van der Waals surface area contributed by atoms with Crippen molar-refractivity contribution in [1.82, 2.24) is 0 Å². The van der Waals surface area contributed by atoms with Crippen LogP contribution in [0.3, 0.4) is 0 Å². The van der Waals surface area contributed by atoms with Gasteiger partial charge in [0.2, 0.25) is 0 Å². The largest absolute Gasteiger partial charge is 0.289 e. The molecule has 0 saturated heterocycles. The molecular formula is C24H11ClO2. The molecule has 2 nitrogen and oxygen atoms in total. The van der Waals surface area contributed by atoms with Crippen molar-refractivity contribution in [3.63, 3.8) is 0 Å². The zero-order valence-corrected chi connectivity index (χ0v) is 14.8. The lowest BCUT2D eigenvalue weighted by atomic mass is 9.98. The number of rotatable bonds is 0. The van der Waals surface area contributed by atoms with Gasteiger partial charge in [0.1, 0.15) is 0 Å². The van der Waals surface area contributed by atoms with Gasteiger partial charge < -0.3 is 0 Å². The Morgan fingerprint density at radius 1 is 0.444 bits per heavy atom. The Morgan fingerprint density at radius 2 is 0.815 bits per heavy atom. The lowest BCUT2D eigenvalue weighted by Gasteiger charge is -2.03. The molecule has 0 radical (unpaired) electrons. The minimum absolute atomic E-state index is 0.116. The summed E-state index contributed by atoms with van der Waals surface area (Å²) in [5.41, 5.74) is -0.231. The van der Waals surface area contributed by atoms with Gasteiger partial charge in [-0.25, -0.2) is 0 Å². The third-order valence-corrected chi connectivity index (χ3v) is 6.01. The first kappa shape index (κ1) is 14.9. The Balaban J connectivity index is 2.16. The van der Waals surface area contributed by atoms with E-state index in [2.05, 4.69) is 0 Å². The summed E-state index contributed by atoms with van der Waals surface area (Å²) in [6.45, 7) is 0. The predicted octanol–water partition coefficient (Wildman–Crippen LogP) is 5.70. The van der Waals surface area contributed by atoms with Crippen molar-refractivity contribution < 1.29 is 0 Å². The Hall–Kier alpha value is -3.23. The van der Waals surface area contributed by atoms with Gasteiger partial charge in [0, 0.05) is 21.5 Å². The molecule has 0 amide bonds. The van der Waals surface area contributed by atoms with Crippen LogP contribution in [0.5, 0.6) is 0 Å². The molecule has 0 aliphatic carbocycles. The second kappa shape index (κ2) is 4.93. The molecule has 0 atom stereocenters. The second-order valence-electron chi connectivity index (χ2n) is 6.92. The summed E-state index contributed by atoms with van der Waals surface area (Å²) in [4.78, 5) is 26.5. The zero-order chi connectivity index (χ0) is 18.3. The van der Waals surface area contributed by atoms with E-state index >= 15 is 0 Å². The maximum absolute atomic E-state index is 13.3. The maximum Gasteiger partial charge on any atom is 0.195 e. The van der Waals surface area contributed by atoms with Crippen LogP contribution in [0.25, 0.3) is 53.9 Å². The fourth-order valence-electron chi connectivity index (χ4n) is 4.52. The number of benzene rings is 4. The van der Waals surface area contributed by atoms with E-state index in [0.29, 0.717) is 21.5 Å². The SMILES string of the molecule is O=c1c2ccccc2c2cccc3c4ccccc4c(=O)c4c(Cl)c1c2c43. The Bertz CT molecular complexity index is 1550. The number of fused-ring (bicyclic) bond motifs is 4. The molecule has 6 aromatic carbocycles. The molecule has 0 N–H and O–H groups in total. The summed E-state index contributed by atoms with van der Waals surface area (Å²) in [5.74, 6) is 0. The van der Waals surface area contributed by atoms with Gasteiger partial charge in [-0.15, -0.1) is 0 Å². The van der Waals surface area contributed by atoms with Crippen molar-refractivity contribution in [3.05, 3.63) is 92.2 Å². The summed E-state index contributed by atoms with van der Waals surface area (Å²) in [7, 11) is 0. The molecule has 0 unspecified atom stereocenters. The number of halogens is 1. The fraction of sp³-hybridized carbons (Fsp3) is 0. The maximum atomic E-state index is 13.3. The smallest absolute Gasteiger partial charge is 0.195 e. The van der Waals surface area contributed by atoms with Crippen LogP contribution in [0.15, 0.2) is 76.3 Å².